The molecule has 1 saturated heterocycles. The Balaban J connectivity index is 1.40. The normalized spacial score (nSPS) is 25.2. The Kier molecular flexibility index (Phi) is 6.53. The van der Waals surface area contributed by atoms with Crippen LogP contribution < -0.4 is 5.32 Å². The first kappa shape index (κ1) is 22.4. The summed E-state index contributed by atoms with van der Waals surface area (Å²) in [6, 6.07) is 12.5. The van der Waals surface area contributed by atoms with Crippen molar-refractivity contribution in [2.75, 3.05) is 32.0 Å². The van der Waals surface area contributed by atoms with Crippen LogP contribution in [0.25, 0.3) is 0 Å². The van der Waals surface area contributed by atoms with Crippen molar-refractivity contribution < 1.29 is 23.9 Å². The number of carbonyl (C=O) groups excluding carboxylic acids is 2. The largest absolute Gasteiger partial charge is 0.454 e. The van der Waals surface area contributed by atoms with Gasteiger partial charge >= 0.3 is 5.97 Å². The van der Waals surface area contributed by atoms with Crippen molar-refractivity contribution in [3.05, 3.63) is 54.2 Å². The lowest BCUT2D eigenvalue weighted by Crippen LogP contribution is -2.49. The Labute approximate surface area is 188 Å². The highest BCUT2D eigenvalue weighted by Gasteiger charge is 2.49. The van der Waals surface area contributed by atoms with Gasteiger partial charge in [0.2, 0.25) is 0 Å². The van der Waals surface area contributed by atoms with Crippen LogP contribution in [-0.2, 0) is 19.9 Å². The Morgan fingerprint density at radius 3 is 2.59 bits per heavy atom. The Morgan fingerprint density at radius 2 is 1.91 bits per heavy atom. The van der Waals surface area contributed by atoms with Gasteiger partial charge in [0.25, 0.3) is 5.91 Å². The van der Waals surface area contributed by atoms with E-state index in [0.717, 1.165) is 25.7 Å². The van der Waals surface area contributed by atoms with Crippen LogP contribution in [0.4, 0.5) is 5.82 Å². The highest BCUT2D eigenvalue weighted by atomic mass is 16.6. The lowest BCUT2D eigenvalue weighted by atomic mass is 9.80. The maximum absolute atomic E-state index is 13.3. The van der Waals surface area contributed by atoms with Crippen LogP contribution in [0.15, 0.2) is 48.7 Å². The zero-order valence-corrected chi connectivity index (χ0v) is 18.4. The second-order valence-corrected chi connectivity index (χ2v) is 9.27. The van der Waals surface area contributed by atoms with E-state index in [-0.39, 0.29) is 24.5 Å². The molecule has 4 rings (SSSR count). The highest BCUT2D eigenvalue weighted by molar-refractivity contribution is 5.90. The van der Waals surface area contributed by atoms with Gasteiger partial charge in [-0.2, -0.15) is 5.10 Å². The minimum atomic E-state index is -1.63. The van der Waals surface area contributed by atoms with Crippen molar-refractivity contribution in [3.8, 4) is 0 Å². The average molecular weight is 440 g/mol. The Bertz CT molecular complexity index is 936. The van der Waals surface area contributed by atoms with E-state index in [9.17, 15) is 14.7 Å². The topological polar surface area (TPSA) is 101 Å². The second-order valence-electron chi connectivity index (χ2n) is 9.27. The second kappa shape index (κ2) is 9.34. The van der Waals surface area contributed by atoms with Crippen LogP contribution in [0.3, 0.4) is 0 Å². The van der Waals surface area contributed by atoms with E-state index in [1.807, 2.05) is 25.2 Å². The monoisotopic (exact) mass is 439 g/mol. The summed E-state index contributed by atoms with van der Waals surface area (Å²) in [6.07, 6.45) is 5.48. The van der Waals surface area contributed by atoms with Crippen molar-refractivity contribution >= 4 is 17.7 Å². The molecule has 2 unspecified atom stereocenters. The summed E-state index contributed by atoms with van der Waals surface area (Å²) in [7, 11) is 1.98. The van der Waals surface area contributed by atoms with Crippen LogP contribution in [0.2, 0.25) is 0 Å². The van der Waals surface area contributed by atoms with E-state index in [1.165, 1.54) is 0 Å². The van der Waals surface area contributed by atoms with Crippen LogP contribution in [0, 0.1) is 5.92 Å². The maximum atomic E-state index is 13.3. The molecule has 2 N–H and O–H groups in total. The smallest absolute Gasteiger partial charge is 0.343 e. The summed E-state index contributed by atoms with van der Waals surface area (Å²) in [6.45, 7) is 1.48. The van der Waals surface area contributed by atoms with E-state index in [0.29, 0.717) is 35.4 Å². The predicted octanol–water partition coefficient (Wildman–Crippen LogP) is 2.26. The quantitative estimate of drug-likeness (QED) is 0.507. The van der Waals surface area contributed by atoms with Gasteiger partial charge in [0.05, 0.1) is 13.6 Å². The molecule has 1 saturated carbocycles. The fourth-order valence-corrected chi connectivity index (χ4v) is 5.06. The third-order valence-electron chi connectivity index (χ3n) is 6.75. The number of hydrogen-bond donors (Lipinski definition) is 2. The fourth-order valence-electron chi connectivity index (χ4n) is 5.06. The first-order chi connectivity index (χ1) is 15.4. The molecular weight excluding hydrogens is 408 g/mol. The molecule has 1 amide bonds. The Hall–Kier alpha value is -2.84. The molecule has 1 aromatic heterocycles. The summed E-state index contributed by atoms with van der Waals surface area (Å²) in [5.74, 6) is -0.460. The van der Waals surface area contributed by atoms with Gasteiger partial charge < -0.3 is 19.6 Å². The van der Waals surface area contributed by atoms with Gasteiger partial charge in [-0.15, -0.1) is 5.10 Å². The predicted molar refractivity (Wildman–Crippen MR) is 118 cm³/mol. The van der Waals surface area contributed by atoms with Gasteiger partial charge in [-0.3, -0.25) is 4.79 Å². The number of carbonyl (C=O) groups is 2. The standard InChI is InChI=1S/C24H30N4O4/c1-28(17-22(29)26-21-12-7-14-25-27-21)15-13-20(16-28)32-23(30)24(31,19-10-5-6-11-19)18-8-3-2-4-9-18/h2-4,7-9,12,14,19-20,31H,5-6,10-11,13,15-17H2,1H3/p+1/t20-,24?,28?/m1/s1. The molecule has 8 nitrogen and oxygen atoms in total. The minimum Gasteiger partial charge on any atom is -0.454 e. The third kappa shape index (κ3) is 4.81. The molecule has 1 aliphatic carbocycles. The summed E-state index contributed by atoms with van der Waals surface area (Å²) in [4.78, 5) is 25.8. The molecule has 2 aliphatic rings. The van der Waals surface area contributed by atoms with Crippen LogP contribution in [0.5, 0.6) is 0 Å². The first-order valence-corrected chi connectivity index (χ1v) is 11.3. The number of benzene rings is 1. The molecule has 1 aromatic carbocycles. The molecule has 0 bridgehead atoms. The van der Waals surface area contributed by atoms with Crippen molar-refractivity contribution in [3.63, 3.8) is 0 Å². The molecule has 8 heteroatoms. The van der Waals surface area contributed by atoms with Gasteiger partial charge in [0, 0.05) is 18.5 Å². The number of nitrogens with zero attached hydrogens (tertiary/aromatic N) is 3. The number of ether oxygens (including phenoxy) is 1. The van der Waals surface area contributed by atoms with Crippen molar-refractivity contribution in [1.29, 1.82) is 0 Å². The van der Waals surface area contributed by atoms with Gasteiger partial charge in [-0.1, -0.05) is 43.2 Å². The molecule has 32 heavy (non-hydrogen) atoms. The molecule has 0 radical (unpaired) electrons. The molecule has 0 spiro atoms. The number of esters is 1. The number of likely N-dealkylation sites (tertiary alicyclic amines) is 1. The lowest BCUT2D eigenvalue weighted by Gasteiger charge is -2.33. The highest BCUT2D eigenvalue weighted by Crippen LogP contribution is 2.42. The molecule has 170 valence electrons. The molecular formula is C24H31N4O4+. The van der Waals surface area contributed by atoms with Crippen LogP contribution in [0.1, 0.15) is 37.7 Å². The number of rotatable bonds is 7. The van der Waals surface area contributed by atoms with E-state index in [2.05, 4.69) is 15.5 Å². The summed E-state index contributed by atoms with van der Waals surface area (Å²) < 4.78 is 6.34. The molecule has 3 atom stereocenters. The van der Waals surface area contributed by atoms with Gasteiger partial charge in [-0.05, 0) is 30.5 Å². The molecule has 2 aromatic rings. The number of amides is 1. The van der Waals surface area contributed by atoms with Crippen molar-refractivity contribution in [2.24, 2.45) is 5.92 Å². The average Bonchev–Trinajstić information content (AvgIpc) is 3.45. The minimum absolute atomic E-state index is 0.141. The van der Waals surface area contributed by atoms with E-state index >= 15 is 0 Å². The number of likely N-dealkylation sites (N-methyl/N-ethyl adjacent to an activating group) is 1. The van der Waals surface area contributed by atoms with Gasteiger partial charge in [0.15, 0.2) is 24.1 Å². The van der Waals surface area contributed by atoms with Gasteiger partial charge in [-0.25, -0.2) is 4.79 Å². The van der Waals surface area contributed by atoms with E-state index in [4.69, 9.17) is 4.74 Å². The summed E-state index contributed by atoms with van der Waals surface area (Å²) >= 11 is 0. The number of nitrogens with one attached hydrogen (secondary N) is 1. The number of aliphatic hydroxyl groups is 1. The van der Waals surface area contributed by atoms with E-state index < -0.39 is 11.6 Å². The molecule has 2 heterocycles. The van der Waals surface area contributed by atoms with Crippen LogP contribution >= 0.6 is 0 Å². The first-order valence-electron chi connectivity index (χ1n) is 11.3. The van der Waals surface area contributed by atoms with Gasteiger partial charge in [0.1, 0.15) is 6.54 Å². The van der Waals surface area contributed by atoms with Crippen molar-refractivity contribution in [1.82, 2.24) is 10.2 Å². The molecule has 1 aliphatic heterocycles. The Morgan fingerprint density at radius 1 is 1.16 bits per heavy atom. The number of quaternary nitrogens is 1. The number of anilines is 1. The SMILES string of the molecule is C[N+]1(CC(=O)Nc2cccnn2)CC[C@@H](OC(=O)C(O)(c2ccccc2)C2CCCC2)C1. The zero-order valence-electron chi connectivity index (χ0n) is 18.4. The zero-order chi connectivity index (χ0) is 22.6. The number of aromatic nitrogens is 2. The van der Waals surface area contributed by atoms with Crippen molar-refractivity contribution in [2.45, 2.75) is 43.8 Å². The fraction of sp³-hybridized carbons (Fsp3) is 0.500. The summed E-state index contributed by atoms with van der Waals surface area (Å²) in [5.41, 5.74) is -1.04. The summed E-state index contributed by atoms with van der Waals surface area (Å²) in [5, 5.41) is 22.0. The maximum Gasteiger partial charge on any atom is 0.343 e. The number of hydrogen-bond acceptors (Lipinski definition) is 6. The van der Waals surface area contributed by atoms with Crippen LogP contribution in [-0.4, -0.2) is 64.4 Å². The van der Waals surface area contributed by atoms with E-state index in [1.54, 1.807) is 30.5 Å². The molecule has 2 fully saturated rings. The lowest BCUT2D eigenvalue weighted by molar-refractivity contribution is -0.890. The third-order valence-corrected chi connectivity index (χ3v) is 6.75.